The largest absolute Gasteiger partial charge is 0.303 e. The molecular weight excluding hydrogens is 488 g/mol. The quantitative estimate of drug-likeness (QED) is 0.469. The summed E-state index contributed by atoms with van der Waals surface area (Å²) < 4.78 is 24.2. The molecule has 5 rings (SSSR count). The van der Waals surface area contributed by atoms with Gasteiger partial charge in [-0.25, -0.2) is 8.42 Å². The molecule has 0 bridgehead atoms. The number of carbonyl (C=O) groups excluding carboxylic acids is 2. The number of nitrogens with zero attached hydrogens (tertiary/aromatic N) is 2. The normalized spacial score (nSPS) is 24.5. The van der Waals surface area contributed by atoms with E-state index < -0.39 is 21.8 Å². The fraction of sp³-hybridized carbons (Fsp3) is 0.227. The number of thiocarbonyl (C=S) groups is 1. The lowest BCUT2D eigenvalue weighted by atomic mass is 10.1. The maximum Gasteiger partial charge on any atom is 0.267 e. The highest BCUT2D eigenvalue weighted by atomic mass is 35.5. The topological polar surface area (TPSA) is 74.8 Å². The summed E-state index contributed by atoms with van der Waals surface area (Å²) in [6.07, 6.45) is 0.348. The van der Waals surface area contributed by atoms with Crippen LogP contribution < -0.4 is 4.90 Å². The lowest BCUT2D eigenvalue weighted by Gasteiger charge is -2.21. The Morgan fingerprint density at radius 1 is 1.06 bits per heavy atom. The molecule has 10 heteroatoms. The smallest absolute Gasteiger partial charge is 0.267 e. The number of para-hydroxylation sites is 1. The average Bonchev–Trinajstić information content (AvgIpc) is 3.34. The molecule has 1 unspecified atom stereocenters. The van der Waals surface area contributed by atoms with Crippen molar-refractivity contribution in [3.8, 4) is 0 Å². The highest BCUT2D eigenvalue weighted by molar-refractivity contribution is 8.26. The average molecular weight is 505 g/mol. The molecule has 0 aromatic heterocycles. The molecular formula is C22H17ClN2O4S3. The first-order chi connectivity index (χ1) is 15.3. The van der Waals surface area contributed by atoms with E-state index in [4.69, 9.17) is 23.8 Å². The van der Waals surface area contributed by atoms with Crippen molar-refractivity contribution in [1.82, 2.24) is 4.90 Å². The van der Waals surface area contributed by atoms with Crippen LogP contribution in [0.2, 0.25) is 5.02 Å². The molecule has 164 valence electrons. The van der Waals surface area contributed by atoms with Gasteiger partial charge in [0, 0.05) is 10.6 Å². The van der Waals surface area contributed by atoms with Gasteiger partial charge in [0.05, 0.1) is 40.3 Å². The molecule has 0 radical (unpaired) electrons. The van der Waals surface area contributed by atoms with Crippen LogP contribution in [0.1, 0.15) is 17.5 Å². The highest BCUT2D eigenvalue weighted by Crippen LogP contribution is 2.46. The van der Waals surface area contributed by atoms with Crippen LogP contribution in [0.4, 0.5) is 5.69 Å². The molecule has 0 aliphatic carbocycles. The van der Waals surface area contributed by atoms with Crippen molar-refractivity contribution in [2.45, 2.75) is 19.0 Å². The van der Waals surface area contributed by atoms with Gasteiger partial charge in [0.15, 0.2) is 9.84 Å². The molecule has 6 nitrogen and oxygen atoms in total. The molecule has 2 aromatic carbocycles. The maximum absolute atomic E-state index is 13.6. The standard InChI is InChI=1S/C22H17ClN2O4S3/c23-16-7-3-1-5-13(16)11-24-17-8-4-2-6-15(17)18(20(24)26)19-21(27)25(22(30)31-19)14-9-10-32(28,29)12-14/h1-8,14H,9-12H2/b19-18-. The molecule has 0 N–H and O–H groups in total. The monoisotopic (exact) mass is 504 g/mol. The summed E-state index contributed by atoms with van der Waals surface area (Å²) in [5.74, 6) is -0.773. The predicted molar refractivity (Wildman–Crippen MR) is 130 cm³/mol. The van der Waals surface area contributed by atoms with Gasteiger partial charge in [-0.2, -0.15) is 0 Å². The Morgan fingerprint density at radius 2 is 1.78 bits per heavy atom. The van der Waals surface area contributed by atoms with Crippen molar-refractivity contribution in [3.63, 3.8) is 0 Å². The summed E-state index contributed by atoms with van der Waals surface area (Å²) in [5, 5.41) is 0.556. The fourth-order valence-corrected chi connectivity index (χ4v) is 7.64. The highest BCUT2D eigenvalue weighted by Gasteiger charge is 2.46. The van der Waals surface area contributed by atoms with Crippen LogP contribution in [0.3, 0.4) is 0 Å². The summed E-state index contributed by atoms with van der Waals surface area (Å²) in [6, 6.07) is 14.1. The van der Waals surface area contributed by atoms with Gasteiger partial charge in [0.25, 0.3) is 11.8 Å². The van der Waals surface area contributed by atoms with Crippen molar-refractivity contribution >= 4 is 72.8 Å². The maximum atomic E-state index is 13.6. The fourth-order valence-electron chi connectivity index (χ4n) is 4.28. The number of benzene rings is 2. The van der Waals surface area contributed by atoms with Gasteiger partial charge in [0.1, 0.15) is 4.32 Å². The Labute approximate surface area is 200 Å². The van der Waals surface area contributed by atoms with Crippen LogP contribution in [0.5, 0.6) is 0 Å². The van der Waals surface area contributed by atoms with E-state index in [-0.39, 0.29) is 33.2 Å². The predicted octanol–water partition coefficient (Wildman–Crippen LogP) is 3.65. The van der Waals surface area contributed by atoms with Gasteiger partial charge in [-0.15, -0.1) is 0 Å². The van der Waals surface area contributed by atoms with E-state index in [1.807, 2.05) is 42.5 Å². The Bertz CT molecular complexity index is 1320. The van der Waals surface area contributed by atoms with Crippen molar-refractivity contribution < 1.29 is 18.0 Å². The molecule has 1 atom stereocenters. The van der Waals surface area contributed by atoms with E-state index in [1.165, 1.54) is 4.90 Å². The van der Waals surface area contributed by atoms with Crippen LogP contribution in [0.15, 0.2) is 53.4 Å². The molecule has 2 fully saturated rings. The summed E-state index contributed by atoms with van der Waals surface area (Å²) in [5.41, 5.74) is 2.45. The number of carbonyl (C=O) groups is 2. The van der Waals surface area contributed by atoms with Crippen LogP contribution in [0, 0.1) is 0 Å². The zero-order chi connectivity index (χ0) is 22.6. The number of halogens is 1. The third-order valence-corrected chi connectivity index (χ3v) is 9.33. The zero-order valence-corrected chi connectivity index (χ0v) is 19.9. The van der Waals surface area contributed by atoms with Gasteiger partial charge in [-0.3, -0.25) is 14.5 Å². The number of amides is 2. The van der Waals surface area contributed by atoms with E-state index in [9.17, 15) is 18.0 Å². The zero-order valence-electron chi connectivity index (χ0n) is 16.7. The minimum absolute atomic E-state index is 0.0357. The molecule has 3 heterocycles. The van der Waals surface area contributed by atoms with Crippen molar-refractivity contribution in [1.29, 1.82) is 0 Å². The Kier molecular flexibility index (Phi) is 5.40. The first kappa shape index (κ1) is 21.6. The molecule has 2 aromatic rings. The van der Waals surface area contributed by atoms with Crippen LogP contribution >= 0.6 is 35.6 Å². The number of hydrogen-bond donors (Lipinski definition) is 0. The number of anilines is 1. The van der Waals surface area contributed by atoms with Gasteiger partial charge >= 0.3 is 0 Å². The van der Waals surface area contributed by atoms with E-state index in [0.29, 0.717) is 28.3 Å². The van der Waals surface area contributed by atoms with Crippen molar-refractivity contribution in [3.05, 3.63) is 69.6 Å². The Balaban J connectivity index is 1.55. The van der Waals surface area contributed by atoms with Gasteiger partial charge in [-0.1, -0.05) is 72.0 Å². The SMILES string of the molecule is O=C1/C(=C2\SC(=S)N(C3CCS(=O)(=O)C3)C2=O)c2ccccc2N1Cc1ccccc1Cl. The summed E-state index contributed by atoms with van der Waals surface area (Å²) in [6.45, 7) is 0.264. The first-order valence-electron chi connectivity index (χ1n) is 9.91. The second-order valence-electron chi connectivity index (χ2n) is 7.80. The van der Waals surface area contributed by atoms with E-state index >= 15 is 0 Å². The summed E-state index contributed by atoms with van der Waals surface area (Å²) in [4.78, 5) is 30.1. The third kappa shape index (κ3) is 3.57. The number of hydrogen-bond acceptors (Lipinski definition) is 6. The summed E-state index contributed by atoms with van der Waals surface area (Å²) in [7, 11) is -3.19. The minimum Gasteiger partial charge on any atom is -0.303 e. The number of fused-ring (bicyclic) bond motifs is 1. The number of thioether (sulfide) groups is 1. The number of rotatable bonds is 3. The Hall–Kier alpha value is -2.20. The molecule has 2 amide bonds. The molecule has 0 spiro atoms. The minimum atomic E-state index is -3.19. The number of sulfone groups is 1. The molecule has 0 saturated carbocycles. The van der Waals surface area contributed by atoms with E-state index in [2.05, 4.69) is 0 Å². The molecule has 3 aliphatic rings. The third-order valence-electron chi connectivity index (χ3n) is 5.81. The second kappa shape index (κ2) is 7.98. The molecule has 32 heavy (non-hydrogen) atoms. The summed E-state index contributed by atoms with van der Waals surface area (Å²) >= 11 is 12.8. The first-order valence-corrected chi connectivity index (χ1v) is 13.3. The van der Waals surface area contributed by atoms with Crippen LogP contribution in [-0.2, 0) is 26.0 Å². The van der Waals surface area contributed by atoms with Gasteiger partial charge < -0.3 is 4.90 Å². The van der Waals surface area contributed by atoms with Crippen molar-refractivity contribution in [2.24, 2.45) is 0 Å². The lowest BCUT2D eigenvalue weighted by Crippen LogP contribution is -2.39. The van der Waals surface area contributed by atoms with E-state index in [0.717, 1.165) is 17.3 Å². The molecule has 2 saturated heterocycles. The van der Waals surface area contributed by atoms with Gasteiger partial charge in [-0.05, 0) is 24.1 Å². The van der Waals surface area contributed by atoms with E-state index in [1.54, 1.807) is 11.0 Å². The van der Waals surface area contributed by atoms with Gasteiger partial charge in [0.2, 0.25) is 0 Å². The second-order valence-corrected chi connectivity index (χ2v) is 12.1. The lowest BCUT2D eigenvalue weighted by molar-refractivity contribution is -0.123. The van der Waals surface area contributed by atoms with Crippen LogP contribution in [-0.4, -0.2) is 47.0 Å². The molecule has 3 aliphatic heterocycles. The Morgan fingerprint density at radius 3 is 2.50 bits per heavy atom. The van der Waals surface area contributed by atoms with Crippen LogP contribution in [0.25, 0.3) is 5.57 Å². The van der Waals surface area contributed by atoms with Crippen molar-refractivity contribution in [2.75, 3.05) is 16.4 Å².